The summed E-state index contributed by atoms with van der Waals surface area (Å²) in [5, 5.41) is 3.40. The van der Waals surface area contributed by atoms with Crippen LogP contribution in [0.15, 0.2) is 41.4 Å². The minimum atomic E-state index is -0.448. The van der Waals surface area contributed by atoms with Crippen molar-refractivity contribution in [2.45, 2.75) is 33.4 Å². The molecule has 2 aromatic carbocycles. The summed E-state index contributed by atoms with van der Waals surface area (Å²) in [4.78, 5) is 29.6. The van der Waals surface area contributed by atoms with Gasteiger partial charge in [-0.25, -0.2) is 0 Å². The van der Waals surface area contributed by atoms with E-state index in [0.29, 0.717) is 17.1 Å². The van der Waals surface area contributed by atoms with Crippen LogP contribution in [0.2, 0.25) is 5.02 Å². The zero-order valence-corrected chi connectivity index (χ0v) is 15.1. The van der Waals surface area contributed by atoms with Crippen LogP contribution >= 0.6 is 11.6 Å². The molecule has 0 radical (unpaired) electrons. The van der Waals surface area contributed by atoms with Crippen molar-refractivity contribution in [1.29, 1.82) is 0 Å². The minimum Gasteiger partial charge on any atom is -0.347 e. The Morgan fingerprint density at radius 3 is 2.56 bits per heavy atom. The first-order valence-electron chi connectivity index (χ1n) is 8.13. The first-order valence-corrected chi connectivity index (χ1v) is 8.51. The van der Waals surface area contributed by atoms with Crippen LogP contribution in [0.5, 0.6) is 0 Å². The fraction of sp³-hybridized carbons (Fsp3) is 0.250. The molecular weight excluding hydrogens is 336 g/mol. The predicted octanol–water partition coefficient (Wildman–Crippen LogP) is 3.97. The monoisotopic (exact) mass is 354 g/mol. The van der Waals surface area contributed by atoms with Crippen molar-refractivity contribution in [3.63, 3.8) is 0 Å². The van der Waals surface area contributed by atoms with E-state index in [9.17, 15) is 9.59 Å². The molecule has 2 aromatic rings. The van der Waals surface area contributed by atoms with E-state index in [1.54, 1.807) is 12.1 Å². The third kappa shape index (κ3) is 3.49. The Morgan fingerprint density at radius 2 is 1.88 bits per heavy atom. The van der Waals surface area contributed by atoms with Crippen molar-refractivity contribution >= 4 is 29.0 Å². The standard InChI is InChI=1S/C20H19ClN2O2/c1-11-8-12(2)17-13(3)23-18(19(24)16(17)9-11)20(25)22-10-14-4-6-15(21)7-5-14/h4-9,13H,10H2,1-3H3,(H,22,25). The van der Waals surface area contributed by atoms with E-state index in [2.05, 4.69) is 10.3 Å². The summed E-state index contributed by atoms with van der Waals surface area (Å²) in [5.41, 5.74) is 4.39. The van der Waals surface area contributed by atoms with Gasteiger partial charge in [0.1, 0.15) is 0 Å². The van der Waals surface area contributed by atoms with Crippen molar-refractivity contribution in [3.8, 4) is 0 Å². The van der Waals surface area contributed by atoms with Crippen molar-refractivity contribution < 1.29 is 9.59 Å². The van der Waals surface area contributed by atoms with Gasteiger partial charge in [-0.1, -0.05) is 35.4 Å². The molecule has 1 atom stereocenters. The van der Waals surface area contributed by atoms with E-state index < -0.39 is 5.91 Å². The number of ketones is 1. The second-order valence-electron chi connectivity index (χ2n) is 6.34. The molecule has 0 spiro atoms. The molecule has 1 unspecified atom stereocenters. The summed E-state index contributed by atoms with van der Waals surface area (Å²) in [6.07, 6.45) is 0. The number of aryl methyl sites for hydroxylation is 2. The normalized spacial score (nSPS) is 16.2. The number of nitrogens with zero attached hydrogens (tertiary/aromatic N) is 1. The van der Waals surface area contributed by atoms with E-state index in [1.807, 2.05) is 45.0 Å². The van der Waals surface area contributed by atoms with Crippen molar-refractivity contribution in [3.05, 3.63) is 69.2 Å². The van der Waals surface area contributed by atoms with Gasteiger partial charge < -0.3 is 5.32 Å². The first-order chi connectivity index (χ1) is 11.9. The molecule has 0 fully saturated rings. The van der Waals surface area contributed by atoms with Gasteiger partial charge in [-0.05, 0) is 55.7 Å². The fourth-order valence-electron chi connectivity index (χ4n) is 3.20. The Morgan fingerprint density at radius 1 is 1.20 bits per heavy atom. The first kappa shape index (κ1) is 17.4. The summed E-state index contributed by atoms with van der Waals surface area (Å²) < 4.78 is 0. The Kier molecular flexibility index (Phi) is 4.73. The number of nitrogens with one attached hydrogen (secondary N) is 1. The Balaban J connectivity index is 1.81. The van der Waals surface area contributed by atoms with Crippen LogP contribution in [-0.4, -0.2) is 17.4 Å². The smallest absolute Gasteiger partial charge is 0.273 e. The third-order valence-electron chi connectivity index (χ3n) is 4.31. The maximum Gasteiger partial charge on any atom is 0.273 e. The number of hydrogen-bond acceptors (Lipinski definition) is 3. The van der Waals surface area contributed by atoms with Crippen LogP contribution in [0.1, 0.15) is 45.6 Å². The lowest BCUT2D eigenvalue weighted by Crippen LogP contribution is -2.38. The molecular formula is C20H19ClN2O2. The lowest BCUT2D eigenvalue weighted by atomic mass is 9.88. The number of aliphatic imine (C=N–C) groups is 1. The number of benzene rings is 2. The molecule has 25 heavy (non-hydrogen) atoms. The largest absolute Gasteiger partial charge is 0.347 e. The predicted molar refractivity (Wildman–Crippen MR) is 99.4 cm³/mol. The van der Waals surface area contributed by atoms with Crippen molar-refractivity contribution in [1.82, 2.24) is 5.32 Å². The molecule has 0 aliphatic carbocycles. The van der Waals surface area contributed by atoms with Crippen LogP contribution < -0.4 is 5.32 Å². The van der Waals surface area contributed by atoms with Crippen LogP contribution in [-0.2, 0) is 11.3 Å². The maximum absolute atomic E-state index is 12.8. The Hall–Kier alpha value is -2.46. The molecule has 0 saturated carbocycles. The molecule has 4 nitrogen and oxygen atoms in total. The SMILES string of the molecule is Cc1cc(C)c2c(c1)C(=O)C(C(=O)NCc1ccc(Cl)cc1)=NC2C. The number of rotatable bonds is 3. The topological polar surface area (TPSA) is 58.5 Å². The van der Waals surface area contributed by atoms with Gasteiger partial charge in [0, 0.05) is 17.1 Å². The summed E-state index contributed by atoms with van der Waals surface area (Å²) in [6.45, 7) is 6.13. The number of carbonyl (C=O) groups excluding carboxylic acids is 2. The van der Waals surface area contributed by atoms with E-state index in [1.165, 1.54) is 0 Å². The summed E-state index contributed by atoms with van der Waals surface area (Å²) in [5.74, 6) is -0.759. The number of fused-ring (bicyclic) bond motifs is 1. The molecule has 128 valence electrons. The molecule has 0 bridgehead atoms. The number of Topliss-reactive ketones (excluding diaryl/α,β-unsaturated/α-hetero) is 1. The van der Waals surface area contributed by atoms with Gasteiger partial charge in [0.15, 0.2) is 5.71 Å². The summed E-state index contributed by atoms with van der Waals surface area (Å²) in [6, 6.07) is 10.8. The number of amides is 1. The third-order valence-corrected chi connectivity index (χ3v) is 4.56. The second-order valence-corrected chi connectivity index (χ2v) is 6.77. The van der Waals surface area contributed by atoms with Crippen LogP contribution in [0.4, 0.5) is 0 Å². The average Bonchev–Trinajstić information content (AvgIpc) is 2.56. The van der Waals surface area contributed by atoms with E-state index >= 15 is 0 Å². The highest BCUT2D eigenvalue weighted by Crippen LogP contribution is 2.30. The molecule has 0 aromatic heterocycles. The number of hydrogen-bond donors (Lipinski definition) is 1. The zero-order chi connectivity index (χ0) is 18.1. The lowest BCUT2D eigenvalue weighted by Gasteiger charge is -2.22. The van der Waals surface area contributed by atoms with Gasteiger partial charge in [0.05, 0.1) is 6.04 Å². The van der Waals surface area contributed by atoms with Gasteiger partial charge in [-0.3, -0.25) is 14.6 Å². The average molecular weight is 355 g/mol. The Bertz CT molecular complexity index is 885. The highest BCUT2D eigenvalue weighted by molar-refractivity contribution is 6.69. The second kappa shape index (κ2) is 6.81. The van der Waals surface area contributed by atoms with Gasteiger partial charge in [-0.2, -0.15) is 0 Å². The van der Waals surface area contributed by atoms with Crippen molar-refractivity contribution in [2.24, 2.45) is 4.99 Å². The van der Waals surface area contributed by atoms with Crippen molar-refractivity contribution in [2.75, 3.05) is 0 Å². The molecule has 5 heteroatoms. The van der Waals surface area contributed by atoms with E-state index in [0.717, 1.165) is 22.3 Å². The maximum atomic E-state index is 12.8. The van der Waals surface area contributed by atoms with Gasteiger partial charge in [-0.15, -0.1) is 0 Å². The quantitative estimate of drug-likeness (QED) is 0.906. The molecule has 0 saturated heterocycles. The molecule has 1 amide bonds. The summed E-state index contributed by atoms with van der Waals surface area (Å²) in [7, 11) is 0. The molecule has 1 N–H and O–H groups in total. The minimum absolute atomic E-state index is 0.0287. The van der Waals surface area contributed by atoms with Crippen LogP contribution in [0, 0.1) is 13.8 Å². The number of halogens is 1. The Labute approximate surface area is 151 Å². The molecule has 1 aliphatic heterocycles. The van der Waals surface area contributed by atoms with Gasteiger partial charge >= 0.3 is 0 Å². The number of carbonyl (C=O) groups is 2. The molecule has 1 heterocycles. The van der Waals surface area contributed by atoms with Gasteiger partial charge in [0.2, 0.25) is 5.78 Å². The van der Waals surface area contributed by atoms with Gasteiger partial charge in [0.25, 0.3) is 5.91 Å². The lowest BCUT2D eigenvalue weighted by molar-refractivity contribution is -0.114. The van der Waals surface area contributed by atoms with Crippen LogP contribution in [0.25, 0.3) is 0 Å². The fourth-order valence-corrected chi connectivity index (χ4v) is 3.32. The van der Waals surface area contributed by atoms with Crippen LogP contribution in [0.3, 0.4) is 0 Å². The zero-order valence-electron chi connectivity index (χ0n) is 14.4. The molecule has 1 aliphatic rings. The summed E-state index contributed by atoms with van der Waals surface area (Å²) >= 11 is 5.85. The van der Waals surface area contributed by atoms with E-state index in [4.69, 9.17) is 11.6 Å². The highest BCUT2D eigenvalue weighted by atomic mass is 35.5. The molecule has 3 rings (SSSR count). The highest BCUT2D eigenvalue weighted by Gasteiger charge is 2.31. The van der Waals surface area contributed by atoms with E-state index in [-0.39, 0.29) is 17.5 Å².